The van der Waals surface area contributed by atoms with Crippen molar-refractivity contribution in [3.63, 3.8) is 0 Å². The van der Waals surface area contributed by atoms with E-state index in [4.69, 9.17) is 19.2 Å². The van der Waals surface area contributed by atoms with E-state index in [2.05, 4.69) is 15.0 Å². The van der Waals surface area contributed by atoms with Crippen molar-refractivity contribution in [2.45, 2.75) is 140 Å². The minimum Gasteiger partial charge on any atom is -0.497 e. The van der Waals surface area contributed by atoms with Crippen molar-refractivity contribution in [2.24, 2.45) is 17.8 Å². The van der Waals surface area contributed by atoms with Crippen LogP contribution in [0.15, 0.2) is 54.7 Å². The number of amides is 4. The average molecular weight is 939 g/mol. The summed E-state index contributed by atoms with van der Waals surface area (Å²) in [5.74, 6) is -6.56. The number of alkyl halides is 2. The normalized spacial score (nSPS) is 26.9. The lowest BCUT2D eigenvalue weighted by atomic mass is 9.84. The van der Waals surface area contributed by atoms with Crippen LogP contribution in [0.5, 0.6) is 17.4 Å². The molecule has 4 amide bonds. The molecule has 3 N–H and O–H groups in total. The number of methoxy groups -OCH3 is 1. The number of pyridine rings is 2. The van der Waals surface area contributed by atoms with Gasteiger partial charge in [-0.1, -0.05) is 26.0 Å². The maximum atomic E-state index is 15.5. The summed E-state index contributed by atoms with van der Waals surface area (Å²) >= 11 is 0. The first-order valence-electron chi connectivity index (χ1n) is 22.5. The number of benzene rings is 1. The molecule has 7 atom stereocenters. The third kappa shape index (κ3) is 9.91. The molecule has 2 aromatic heterocycles. The highest BCUT2D eigenvalue weighted by atomic mass is 32.2. The van der Waals surface area contributed by atoms with Crippen LogP contribution in [-0.2, 0) is 24.4 Å². The van der Waals surface area contributed by atoms with Crippen LogP contribution in [0.2, 0.25) is 0 Å². The van der Waals surface area contributed by atoms with Gasteiger partial charge in [-0.3, -0.25) is 29.0 Å². The molecular weight excluding hydrogens is 879 g/mol. The van der Waals surface area contributed by atoms with Crippen LogP contribution in [0.3, 0.4) is 0 Å². The number of fused-ring (bicyclic) bond motifs is 3. The van der Waals surface area contributed by atoms with Crippen molar-refractivity contribution in [1.82, 2.24) is 29.8 Å². The van der Waals surface area contributed by atoms with E-state index in [1.807, 2.05) is 26.8 Å². The summed E-state index contributed by atoms with van der Waals surface area (Å²) in [5.41, 5.74) is -3.20. The first-order valence-corrected chi connectivity index (χ1v) is 24.0. The van der Waals surface area contributed by atoms with Crippen molar-refractivity contribution in [1.29, 1.82) is 0 Å². The summed E-state index contributed by atoms with van der Waals surface area (Å²) in [5, 5.41) is 14.0. The zero-order valence-electron chi connectivity index (χ0n) is 38.5. The van der Waals surface area contributed by atoms with Gasteiger partial charge in [-0.05, 0) is 120 Å². The second-order valence-corrected chi connectivity index (χ2v) is 21.2. The number of carbonyl (C=O) groups excluding carboxylic acids is 3. The van der Waals surface area contributed by atoms with E-state index in [-0.39, 0.29) is 43.7 Å². The maximum absolute atomic E-state index is 15.5. The number of nitrogens with zero attached hydrogens (tertiary/aromatic N) is 4. The van der Waals surface area contributed by atoms with Gasteiger partial charge in [-0.2, -0.15) is 0 Å². The van der Waals surface area contributed by atoms with Crippen molar-refractivity contribution in [3.05, 3.63) is 54.7 Å². The Morgan fingerprint density at radius 3 is 2.36 bits per heavy atom. The van der Waals surface area contributed by atoms with E-state index < -0.39 is 86.1 Å². The second kappa shape index (κ2) is 18.2. The molecule has 1 saturated heterocycles. The monoisotopic (exact) mass is 938 g/mol. The standard InChI is InChI=1S/C47H60F2N6O10S/c1-26(2)64-32-14-18-36(50-24-32)37-21-29-20-31(63-8)13-17-35(29)41(51-37)65-33-22-38-40(56)52-47(43(58)53-66(61,62)34-15-16-34)23-30(47)12-10-9-11-27(3)19-28(4)39(42(57)54(38)25-33)55(44(59)60)45(5,6)46(7,48)49/h10,12-14,17-18,20-21,24,26-28,30,33-34,38-39H,9,11,15-16,19,22-23,25H2,1-8H3,(H,52,56)(H,53,58)(H,59,60)/b12-10-/t27-,28-,30-,33-,38+,39+,47-/m1/s1. The van der Waals surface area contributed by atoms with E-state index >= 15 is 13.6 Å². The van der Waals surface area contributed by atoms with E-state index in [0.717, 1.165) is 18.7 Å². The number of halogens is 2. The number of carbonyl (C=O) groups is 4. The molecule has 4 heterocycles. The van der Waals surface area contributed by atoms with Crippen molar-refractivity contribution in [2.75, 3.05) is 13.7 Å². The fourth-order valence-electron chi connectivity index (χ4n) is 9.14. The molecule has 0 radical (unpaired) electrons. The molecule has 1 aromatic carbocycles. The van der Waals surface area contributed by atoms with E-state index in [0.29, 0.717) is 71.2 Å². The topological polar surface area (TPSA) is 207 Å². The Bertz CT molecular complexity index is 2500. The number of carboxylic acid groups (broad SMARTS) is 1. The molecule has 0 spiro atoms. The number of aromatic nitrogens is 2. The lowest BCUT2D eigenvalue weighted by Gasteiger charge is -2.47. The molecule has 358 valence electrons. The zero-order valence-corrected chi connectivity index (χ0v) is 39.4. The molecule has 3 fully saturated rings. The first kappa shape index (κ1) is 48.3. The van der Waals surface area contributed by atoms with Gasteiger partial charge in [0, 0.05) is 24.6 Å². The zero-order chi connectivity index (χ0) is 48.1. The molecule has 16 nitrogen and oxygen atoms in total. The highest BCUT2D eigenvalue weighted by molar-refractivity contribution is 7.91. The molecule has 66 heavy (non-hydrogen) atoms. The van der Waals surface area contributed by atoms with Gasteiger partial charge in [0.25, 0.3) is 11.8 Å². The Balaban J connectivity index is 1.31. The number of rotatable bonds is 12. The maximum Gasteiger partial charge on any atom is 0.408 e. The minimum atomic E-state index is -4.03. The van der Waals surface area contributed by atoms with Gasteiger partial charge in [0.05, 0.1) is 42.6 Å². The van der Waals surface area contributed by atoms with Crippen LogP contribution >= 0.6 is 0 Å². The van der Waals surface area contributed by atoms with Gasteiger partial charge < -0.3 is 29.5 Å². The van der Waals surface area contributed by atoms with Crippen LogP contribution in [0.1, 0.15) is 93.4 Å². The summed E-state index contributed by atoms with van der Waals surface area (Å²) in [4.78, 5) is 68.5. The van der Waals surface area contributed by atoms with Gasteiger partial charge >= 0.3 is 6.09 Å². The largest absolute Gasteiger partial charge is 0.497 e. The molecule has 7 rings (SSSR count). The summed E-state index contributed by atoms with van der Waals surface area (Å²) < 4.78 is 77.3. The molecule has 3 aromatic rings. The third-order valence-electron chi connectivity index (χ3n) is 13.4. The molecule has 2 aliphatic carbocycles. The highest BCUT2D eigenvalue weighted by Crippen LogP contribution is 2.47. The molecule has 2 saturated carbocycles. The summed E-state index contributed by atoms with van der Waals surface area (Å²) in [6.45, 7) is 9.77. The Morgan fingerprint density at radius 2 is 1.74 bits per heavy atom. The lowest BCUT2D eigenvalue weighted by molar-refractivity contribution is -0.156. The number of sulfonamides is 1. The Kier molecular flexibility index (Phi) is 13.4. The smallest absolute Gasteiger partial charge is 0.408 e. The van der Waals surface area contributed by atoms with E-state index in [1.54, 1.807) is 55.6 Å². The van der Waals surface area contributed by atoms with Crippen molar-refractivity contribution in [3.8, 4) is 28.8 Å². The highest BCUT2D eigenvalue weighted by Gasteiger charge is 2.63. The Labute approximate surface area is 383 Å². The Hall–Kier alpha value is -5.59. The van der Waals surface area contributed by atoms with Crippen LogP contribution in [0.4, 0.5) is 13.6 Å². The average Bonchev–Trinajstić information content (AvgIpc) is 4.17. The van der Waals surface area contributed by atoms with Crippen molar-refractivity contribution >= 4 is 44.6 Å². The second-order valence-electron chi connectivity index (χ2n) is 19.2. The van der Waals surface area contributed by atoms with Crippen LogP contribution in [-0.4, -0.2) is 117 Å². The summed E-state index contributed by atoms with van der Waals surface area (Å²) in [6, 6.07) is 7.43. The molecule has 2 aliphatic heterocycles. The number of hydrogen-bond acceptors (Lipinski definition) is 11. The van der Waals surface area contributed by atoms with Gasteiger partial charge in [0.1, 0.15) is 40.8 Å². The third-order valence-corrected chi connectivity index (χ3v) is 15.2. The molecule has 0 bridgehead atoms. The quantitative estimate of drug-likeness (QED) is 0.162. The fourth-order valence-corrected chi connectivity index (χ4v) is 10.5. The number of ether oxygens (including phenoxy) is 3. The van der Waals surface area contributed by atoms with Gasteiger partial charge in [0.2, 0.25) is 27.7 Å². The van der Waals surface area contributed by atoms with Gasteiger partial charge in [-0.15, -0.1) is 0 Å². The first-order chi connectivity index (χ1) is 30.9. The van der Waals surface area contributed by atoms with Gasteiger partial charge in [-0.25, -0.2) is 27.0 Å². The van der Waals surface area contributed by atoms with Crippen molar-refractivity contribution < 1.29 is 55.7 Å². The summed E-state index contributed by atoms with van der Waals surface area (Å²) in [7, 11) is -2.50. The van der Waals surface area contributed by atoms with Crippen LogP contribution < -0.4 is 24.2 Å². The lowest BCUT2D eigenvalue weighted by Crippen LogP contribution is -2.66. The molecule has 19 heteroatoms. The molecular formula is C47H60F2N6O10S. The predicted molar refractivity (Wildman–Crippen MR) is 241 cm³/mol. The fraction of sp³-hybridized carbons (Fsp3) is 0.574. The number of hydrogen-bond donors (Lipinski definition) is 3. The number of nitrogens with one attached hydrogen (secondary N) is 2. The summed E-state index contributed by atoms with van der Waals surface area (Å²) in [6.07, 6.45) is 4.40. The van der Waals surface area contributed by atoms with E-state index in [9.17, 15) is 27.9 Å². The predicted octanol–water partition coefficient (Wildman–Crippen LogP) is 6.72. The Morgan fingerprint density at radius 1 is 1.03 bits per heavy atom. The SMILES string of the molecule is COc1ccc2c(O[C@@H]3C[C@H]4C(=O)N[C@]5(C(=O)NS(=O)(=O)C6CC6)C[C@H]5/C=C\CC[C@@H](C)C[C@@H](C)[C@H](N(C(=O)O)C(C)(C)C(C)(F)F)C(=O)N4C3)nc(-c3ccc(OC(C)C)cn3)cc2c1. The van der Waals surface area contributed by atoms with Gasteiger partial charge in [0.15, 0.2) is 0 Å². The number of allylic oxidation sites excluding steroid dienone is 1. The van der Waals surface area contributed by atoms with Crippen LogP contribution in [0, 0.1) is 17.8 Å². The van der Waals surface area contributed by atoms with Crippen LogP contribution in [0.25, 0.3) is 22.2 Å². The van der Waals surface area contributed by atoms with E-state index in [1.165, 1.54) is 7.11 Å². The minimum absolute atomic E-state index is 0.0778. The molecule has 4 aliphatic rings. The molecule has 0 unspecified atom stereocenters.